The standard InChI is InChI=1S/C17H24N4O5/c18-12(8-10-3-5-11(23)6-4-10)17(26)21-7-1-2-14(21)16(25)20-13(9-22)15(19)24/h3-6,12-14,22-23H,1-2,7-9,18H2,(H2,19,24)(H,20,25)/t12-,13-,14-/m0/s1. The predicted molar refractivity (Wildman–Crippen MR) is 92.7 cm³/mol. The van der Waals surface area contributed by atoms with E-state index in [9.17, 15) is 19.5 Å². The lowest BCUT2D eigenvalue weighted by Gasteiger charge is -2.27. The van der Waals surface area contributed by atoms with Crippen LogP contribution in [0.3, 0.4) is 0 Å². The maximum atomic E-state index is 12.7. The lowest BCUT2D eigenvalue weighted by atomic mass is 10.0. The zero-order chi connectivity index (χ0) is 19.3. The van der Waals surface area contributed by atoms with Gasteiger partial charge >= 0.3 is 0 Å². The van der Waals surface area contributed by atoms with Crippen LogP contribution in [0.25, 0.3) is 0 Å². The Labute approximate surface area is 151 Å². The third-order valence-electron chi connectivity index (χ3n) is 4.39. The SMILES string of the molecule is NC(=O)[C@H](CO)NC(=O)[C@@H]1CCCN1C(=O)[C@@H](N)Cc1ccc(O)cc1. The molecule has 7 N–H and O–H groups in total. The minimum atomic E-state index is -1.19. The quantitative estimate of drug-likeness (QED) is 0.384. The topological polar surface area (TPSA) is 159 Å². The van der Waals surface area contributed by atoms with Crippen molar-refractivity contribution in [1.82, 2.24) is 10.2 Å². The van der Waals surface area contributed by atoms with E-state index in [1.54, 1.807) is 12.1 Å². The molecule has 0 aromatic heterocycles. The highest BCUT2D eigenvalue weighted by atomic mass is 16.3. The van der Waals surface area contributed by atoms with Gasteiger partial charge in [-0.15, -0.1) is 0 Å². The predicted octanol–water partition coefficient (Wildman–Crippen LogP) is -1.78. The fraction of sp³-hybridized carbons (Fsp3) is 0.471. The first-order valence-corrected chi connectivity index (χ1v) is 8.38. The summed E-state index contributed by atoms with van der Waals surface area (Å²) in [6.45, 7) is -0.220. The van der Waals surface area contributed by atoms with Gasteiger partial charge in [0.1, 0.15) is 17.8 Å². The normalized spacial score (nSPS) is 19.0. The summed E-state index contributed by atoms with van der Waals surface area (Å²) in [7, 11) is 0. The number of rotatable bonds is 7. The Morgan fingerprint density at radius 2 is 1.92 bits per heavy atom. The second kappa shape index (κ2) is 8.63. The molecular formula is C17H24N4O5. The fourth-order valence-electron chi connectivity index (χ4n) is 2.96. The minimum absolute atomic E-state index is 0.123. The van der Waals surface area contributed by atoms with Crippen LogP contribution in [-0.4, -0.2) is 64.1 Å². The van der Waals surface area contributed by atoms with Gasteiger partial charge in [0.05, 0.1) is 12.6 Å². The Bertz CT molecular complexity index is 664. The van der Waals surface area contributed by atoms with Gasteiger partial charge < -0.3 is 31.9 Å². The van der Waals surface area contributed by atoms with E-state index in [1.165, 1.54) is 17.0 Å². The number of likely N-dealkylation sites (tertiary alicyclic amines) is 1. The van der Waals surface area contributed by atoms with E-state index in [1.807, 2.05) is 0 Å². The number of aliphatic hydroxyl groups is 1. The molecule has 1 aliphatic heterocycles. The van der Waals surface area contributed by atoms with Crippen LogP contribution in [0, 0.1) is 0 Å². The number of nitrogens with zero attached hydrogens (tertiary/aromatic N) is 1. The van der Waals surface area contributed by atoms with Crippen LogP contribution in [0.2, 0.25) is 0 Å². The number of carbonyl (C=O) groups is 3. The summed E-state index contributed by atoms with van der Waals surface area (Å²) < 4.78 is 0. The molecule has 1 fully saturated rings. The third-order valence-corrected chi connectivity index (χ3v) is 4.39. The van der Waals surface area contributed by atoms with E-state index in [4.69, 9.17) is 16.6 Å². The lowest BCUT2D eigenvalue weighted by molar-refractivity contribution is -0.140. The number of nitrogens with one attached hydrogen (secondary N) is 1. The van der Waals surface area contributed by atoms with Gasteiger partial charge in [-0.3, -0.25) is 14.4 Å². The lowest BCUT2D eigenvalue weighted by Crippen LogP contribution is -2.55. The van der Waals surface area contributed by atoms with Crippen molar-refractivity contribution in [2.24, 2.45) is 11.5 Å². The van der Waals surface area contributed by atoms with Gasteiger partial charge in [0, 0.05) is 6.54 Å². The maximum absolute atomic E-state index is 12.7. The molecule has 0 unspecified atom stereocenters. The van der Waals surface area contributed by atoms with Crippen LogP contribution in [-0.2, 0) is 20.8 Å². The van der Waals surface area contributed by atoms with E-state index in [-0.39, 0.29) is 18.1 Å². The van der Waals surface area contributed by atoms with Crippen molar-refractivity contribution in [2.75, 3.05) is 13.2 Å². The molecule has 0 radical (unpaired) electrons. The highest BCUT2D eigenvalue weighted by Crippen LogP contribution is 2.20. The van der Waals surface area contributed by atoms with Gasteiger partial charge in [-0.1, -0.05) is 12.1 Å². The van der Waals surface area contributed by atoms with E-state index >= 15 is 0 Å². The number of hydrogen-bond donors (Lipinski definition) is 5. The number of hydrogen-bond acceptors (Lipinski definition) is 6. The van der Waals surface area contributed by atoms with Crippen LogP contribution in [0.1, 0.15) is 18.4 Å². The van der Waals surface area contributed by atoms with Crippen LogP contribution >= 0.6 is 0 Å². The maximum Gasteiger partial charge on any atom is 0.243 e. The monoisotopic (exact) mass is 364 g/mol. The molecule has 142 valence electrons. The first-order valence-electron chi connectivity index (χ1n) is 8.38. The van der Waals surface area contributed by atoms with Gasteiger partial charge in [0.2, 0.25) is 17.7 Å². The van der Waals surface area contributed by atoms with Crippen molar-refractivity contribution >= 4 is 17.7 Å². The Kier molecular flexibility index (Phi) is 6.53. The summed E-state index contributed by atoms with van der Waals surface area (Å²) in [6, 6.07) is 3.60. The smallest absolute Gasteiger partial charge is 0.243 e. The summed E-state index contributed by atoms with van der Waals surface area (Å²) >= 11 is 0. The van der Waals surface area contributed by atoms with Gasteiger partial charge in [0.15, 0.2) is 0 Å². The zero-order valence-corrected chi connectivity index (χ0v) is 14.3. The number of phenols is 1. The zero-order valence-electron chi connectivity index (χ0n) is 14.3. The second-order valence-corrected chi connectivity index (χ2v) is 6.31. The van der Waals surface area contributed by atoms with Gasteiger partial charge in [0.25, 0.3) is 0 Å². The van der Waals surface area contributed by atoms with Crippen molar-refractivity contribution in [3.63, 3.8) is 0 Å². The summed E-state index contributed by atoms with van der Waals surface area (Å²) in [6.07, 6.45) is 1.35. The molecule has 1 heterocycles. The van der Waals surface area contributed by atoms with E-state index in [2.05, 4.69) is 5.32 Å². The minimum Gasteiger partial charge on any atom is -0.508 e. The van der Waals surface area contributed by atoms with Crippen LogP contribution < -0.4 is 16.8 Å². The number of nitrogens with two attached hydrogens (primary N) is 2. The van der Waals surface area contributed by atoms with Crippen molar-refractivity contribution < 1.29 is 24.6 Å². The van der Waals surface area contributed by atoms with Crippen molar-refractivity contribution in [3.05, 3.63) is 29.8 Å². The Morgan fingerprint density at radius 3 is 2.50 bits per heavy atom. The Balaban J connectivity index is 2.01. The molecule has 3 amide bonds. The van der Waals surface area contributed by atoms with Gasteiger partial charge in [-0.2, -0.15) is 0 Å². The number of aromatic hydroxyl groups is 1. The Hall–Kier alpha value is -2.65. The van der Waals surface area contributed by atoms with Crippen LogP contribution in [0.15, 0.2) is 24.3 Å². The molecule has 0 saturated carbocycles. The molecule has 26 heavy (non-hydrogen) atoms. The van der Waals surface area contributed by atoms with Crippen molar-refractivity contribution in [1.29, 1.82) is 0 Å². The molecular weight excluding hydrogens is 340 g/mol. The summed E-state index contributed by atoms with van der Waals surface area (Å²) in [5.74, 6) is -1.63. The van der Waals surface area contributed by atoms with Gasteiger partial charge in [-0.25, -0.2) is 0 Å². The average molecular weight is 364 g/mol. The molecule has 0 bridgehead atoms. The molecule has 0 aliphatic carbocycles. The third kappa shape index (κ3) is 4.70. The molecule has 2 rings (SSSR count). The summed E-state index contributed by atoms with van der Waals surface area (Å²) in [5.41, 5.74) is 11.9. The van der Waals surface area contributed by atoms with E-state index in [0.717, 1.165) is 5.56 Å². The molecule has 3 atom stereocenters. The molecule has 1 aliphatic rings. The molecule has 9 heteroatoms. The van der Waals surface area contributed by atoms with Crippen molar-refractivity contribution in [3.8, 4) is 5.75 Å². The highest BCUT2D eigenvalue weighted by molar-refractivity contribution is 5.93. The molecule has 0 spiro atoms. The van der Waals surface area contributed by atoms with E-state index < -0.39 is 36.5 Å². The first-order chi connectivity index (χ1) is 12.3. The molecule has 1 aromatic rings. The molecule has 9 nitrogen and oxygen atoms in total. The number of aliphatic hydroxyl groups excluding tert-OH is 1. The van der Waals surface area contributed by atoms with Crippen molar-refractivity contribution in [2.45, 2.75) is 37.4 Å². The number of phenolic OH excluding ortho intramolecular Hbond substituents is 1. The first kappa shape index (κ1) is 19.7. The van der Waals surface area contributed by atoms with E-state index in [0.29, 0.717) is 19.4 Å². The number of carbonyl (C=O) groups excluding carboxylic acids is 3. The van der Waals surface area contributed by atoms with Gasteiger partial charge in [-0.05, 0) is 37.0 Å². The average Bonchev–Trinajstić information content (AvgIpc) is 3.10. The summed E-state index contributed by atoms with van der Waals surface area (Å²) in [4.78, 5) is 37.6. The number of benzene rings is 1. The summed E-state index contributed by atoms with van der Waals surface area (Å²) in [5, 5.41) is 20.8. The molecule has 1 aromatic carbocycles. The van der Waals surface area contributed by atoms with Crippen LogP contribution in [0.4, 0.5) is 0 Å². The second-order valence-electron chi connectivity index (χ2n) is 6.31. The van der Waals surface area contributed by atoms with Crippen LogP contribution in [0.5, 0.6) is 5.75 Å². The Morgan fingerprint density at radius 1 is 1.27 bits per heavy atom. The highest BCUT2D eigenvalue weighted by Gasteiger charge is 2.37. The number of primary amides is 1. The number of amides is 3. The molecule has 1 saturated heterocycles. The fourth-order valence-corrected chi connectivity index (χ4v) is 2.96. The largest absolute Gasteiger partial charge is 0.508 e.